The standard InChI is InChI=1S/C13H6BrCl2F3/c14-13(6-1-7(15)3-8(16)2-6)12-10(18)4-9(17)5-11(12)19/h1-5,13H. The molecule has 100 valence electrons. The molecule has 0 aromatic heterocycles. The molecule has 1 unspecified atom stereocenters. The molecule has 0 aliphatic heterocycles. The highest BCUT2D eigenvalue weighted by Crippen LogP contribution is 2.36. The average Bonchev–Trinajstić information content (AvgIpc) is 2.25. The Labute approximate surface area is 126 Å². The van der Waals surface area contributed by atoms with Gasteiger partial charge in [-0.05, 0) is 23.8 Å². The van der Waals surface area contributed by atoms with Crippen molar-refractivity contribution in [2.24, 2.45) is 0 Å². The first-order valence-electron chi connectivity index (χ1n) is 5.13. The minimum atomic E-state index is -0.976. The van der Waals surface area contributed by atoms with Gasteiger partial charge in [-0.25, -0.2) is 13.2 Å². The molecule has 2 rings (SSSR count). The summed E-state index contributed by atoms with van der Waals surface area (Å²) in [6.07, 6.45) is 0. The maximum atomic E-state index is 13.7. The Kier molecular flexibility index (Phi) is 4.43. The van der Waals surface area contributed by atoms with Gasteiger partial charge < -0.3 is 0 Å². The van der Waals surface area contributed by atoms with Crippen molar-refractivity contribution in [1.82, 2.24) is 0 Å². The lowest BCUT2D eigenvalue weighted by Gasteiger charge is -2.13. The van der Waals surface area contributed by atoms with Crippen molar-refractivity contribution < 1.29 is 13.2 Å². The van der Waals surface area contributed by atoms with Gasteiger partial charge in [0.1, 0.15) is 17.5 Å². The third-order valence-electron chi connectivity index (χ3n) is 2.47. The lowest BCUT2D eigenvalue weighted by Crippen LogP contribution is -2.02. The van der Waals surface area contributed by atoms with E-state index in [9.17, 15) is 13.2 Å². The van der Waals surface area contributed by atoms with Crippen LogP contribution in [0, 0.1) is 17.5 Å². The van der Waals surface area contributed by atoms with E-state index in [2.05, 4.69) is 15.9 Å². The zero-order valence-electron chi connectivity index (χ0n) is 9.23. The maximum absolute atomic E-state index is 13.7. The molecule has 0 radical (unpaired) electrons. The first kappa shape index (κ1) is 14.7. The Bertz CT molecular complexity index is 588. The van der Waals surface area contributed by atoms with E-state index in [0.717, 1.165) is 0 Å². The molecule has 6 heteroatoms. The van der Waals surface area contributed by atoms with Crippen LogP contribution in [0.2, 0.25) is 10.0 Å². The van der Waals surface area contributed by atoms with Crippen molar-refractivity contribution in [3.63, 3.8) is 0 Å². The van der Waals surface area contributed by atoms with E-state index >= 15 is 0 Å². The van der Waals surface area contributed by atoms with Crippen LogP contribution >= 0.6 is 39.1 Å². The lowest BCUT2D eigenvalue weighted by molar-refractivity contribution is 0.527. The summed E-state index contributed by atoms with van der Waals surface area (Å²) < 4.78 is 40.2. The minimum absolute atomic E-state index is 0.292. The van der Waals surface area contributed by atoms with Gasteiger partial charge in [0.05, 0.1) is 4.83 Å². The SMILES string of the molecule is Fc1cc(F)c(C(Br)c2cc(Cl)cc(Cl)c2)c(F)c1. The van der Waals surface area contributed by atoms with Crippen LogP contribution in [-0.2, 0) is 0 Å². The van der Waals surface area contributed by atoms with E-state index in [-0.39, 0.29) is 5.56 Å². The molecule has 0 spiro atoms. The van der Waals surface area contributed by atoms with Crippen molar-refractivity contribution in [3.8, 4) is 0 Å². The molecule has 1 atom stereocenters. The van der Waals surface area contributed by atoms with Crippen LogP contribution in [0.15, 0.2) is 30.3 Å². The molecule has 0 nitrogen and oxygen atoms in total. The van der Waals surface area contributed by atoms with E-state index in [0.29, 0.717) is 27.7 Å². The van der Waals surface area contributed by atoms with Gasteiger partial charge >= 0.3 is 0 Å². The van der Waals surface area contributed by atoms with E-state index in [1.165, 1.54) is 18.2 Å². The second-order valence-corrected chi connectivity index (χ2v) is 5.64. The largest absolute Gasteiger partial charge is 0.207 e. The molecule has 0 aliphatic carbocycles. The molecule has 0 saturated carbocycles. The average molecular weight is 370 g/mol. The molecule has 0 heterocycles. The molecule has 2 aromatic carbocycles. The molecule has 0 aliphatic rings. The van der Waals surface area contributed by atoms with Crippen molar-refractivity contribution in [3.05, 3.63) is 69.0 Å². The minimum Gasteiger partial charge on any atom is -0.207 e. The van der Waals surface area contributed by atoms with Gasteiger partial charge in [-0.3, -0.25) is 0 Å². The third kappa shape index (κ3) is 3.25. The lowest BCUT2D eigenvalue weighted by atomic mass is 10.0. The van der Waals surface area contributed by atoms with Crippen LogP contribution in [0.5, 0.6) is 0 Å². The van der Waals surface area contributed by atoms with Crippen LogP contribution < -0.4 is 0 Å². The van der Waals surface area contributed by atoms with Crippen molar-refractivity contribution in [1.29, 1.82) is 0 Å². The highest BCUT2D eigenvalue weighted by molar-refractivity contribution is 9.09. The number of alkyl halides is 1. The molecule has 0 saturated heterocycles. The molecule has 2 aromatic rings. The summed E-state index contributed by atoms with van der Waals surface area (Å²) in [5, 5.41) is 0.685. The van der Waals surface area contributed by atoms with E-state index in [4.69, 9.17) is 23.2 Å². The summed E-state index contributed by atoms with van der Waals surface area (Å²) in [5.41, 5.74) is 0.182. The number of rotatable bonds is 2. The van der Waals surface area contributed by atoms with E-state index in [1.54, 1.807) is 0 Å². The summed E-state index contributed by atoms with van der Waals surface area (Å²) in [6.45, 7) is 0. The number of hydrogen-bond acceptors (Lipinski definition) is 0. The Hall–Kier alpha value is -0.710. The molecular formula is C13H6BrCl2F3. The zero-order chi connectivity index (χ0) is 14.2. The third-order valence-corrected chi connectivity index (χ3v) is 3.90. The normalized spacial score (nSPS) is 12.5. The second kappa shape index (κ2) is 5.73. The number of benzene rings is 2. The van der Waals surface area contributed by atoms with Gasteiger partial charge in [-0.2, -0.15) is 0 Å². The molecule has 0 fully saturated rings. The van der Waals surface area contributed by atoms with Gasteiger partial charge in [-0.1, -0.05) is 39.1 Å². The quantitative estimate of drug-likeness (QED) is 0.578. The van der Waals surface area contributed by atoms with E-state index in [1.807, 2.05) is 0 Å². The number of hydrogen-bond donors (Lipinski definition) is 0. The van der Waals surface area contributed by atoms with Crippen LogP contribution in [-0.4, -0.2) is 0 Å². The monoisotopic (exact) mass is 368 g/mol. The molecule has 19 heavy (non-hydrogen) atoms. The first-order chi connectivity index (χ1) is 8.88. The Balaban J connectivity index is 2.52. The Morgan fingerprint density at radius 3 is 1.79 bits per heavy atom. The Morgan fingerprint density at radius 2 is 1.32 bits per heavy atom. The van der Waals surface area contributed by atoms with Gasteiger partial charge in [0.15, 0.2) is 0 Å². The zero-order valence-corrected chi connectivity index (χ0v) is 12.3. The van der Waals surface area contributed by atoms with Gasteiger partial charge in [0, 0.05) is 27.7 Å². The van der Waals surface area contributed by atoms with Gasteiger partial charge in [0.2, 0.25) is 0 Å². The second-order valence-electron chi connectivity index (χ2n) is 3.85. The smallest absolute Gasteiger partial charge is 0.133 e. The predicted octanol–water partition coefficient (Wildman–Crippen LogP) is 5.90. The fourth-order valence-electron chi connectivity index (χ4n) is 1.68. The van der Waals surface area contributed by atoms with Crippen LogP contribution in [0.3, 0.4) is 0 Å². The maximum Gasteiger partial charge on any atom is 0.133 e. The van der Waals surface area contributed by atoms with Crippen molar-refractivity contribution >= 4 is 39.1 Å². The summed E-state index contributed by atoms with van der Waals surface area (Å²) in [4.78, 5) is -0.815. The van der Waals surface area contributed by atoms with Gasteiger partial charge in [-0.15, -0.1) is 0 Å². The summed E-state index contributed by atoms with van der Waals surface area (Å²) in [5.74, 6) is -2.92. The first-order valence-corrected chi connectivity index (χ1v) is 6.80. The fourth-order valence-corrected chi connectivity index (χ4v) is 2.93. The highest BCUT2D eigenvalue weighted by atomic mass is 79.9. The van der Waals surface area contributed by atoms with Crippen LogP contribution in [0.1, 0.15) is 16.0 Å². The molecular weight excluding hydrogens is 364 g/mol. The topological polar surface area (TPSA) is 0 Å². The fraction of sp³-hybridized carbons (Fsp3) is 0.0769. The Morgan fingerprint density at radius 1 is 0.842 bits per heavy atom. The molecule has 0 amide bonds. The molecule has 0 bridgehead atoms. The van der Waals surface area contributed by atoms with E-state index < -0.39 is 22.3 Å². The predicted molar refractivity (Wildman–Crippen MR) is 73.5 cm³/mol. The summed E-state index contributed by atoms with van der Waals surface area (Å²) in [7, 11) is 0. The summed E-state index contributed by atoms with van der Waals surface area (Å²) >= 11 is 14.8. The van der Waals surface area contributed by atoms with Gasteiger partial charge in [0.25, 0.3) is 0 Å². The number of halogens is 6. The molecule has 0 N–H and O–H groups in total. The van der Waals surface area contributed by atoms with Crippen LogP contribution in [0.4, 0.5) is 13.2 Å². The van der Waals surface area contributed by atoms with Crippen molar-refractivity contribution in [2.45, 2.75) is 4.83 Å². The highest BCUT2D eigenvalue weighted by Gasteiger charge is 2.21. The summed E-state index contributed by atoms with van der Waals surface area (Å²) in [6, 6.07) is 5.80. The van der Waals surface area contributed by atoms with Crippen molar-refractivity contribution in [2.75, 3.05) is 0 Å². The van der Waals surface area contributed by atoms with Crippen LogP contribution in [0.25, 0.3) is 0 Å².